The molecule has 2 rings (SSSR count). The number of carbonyl (C=O) groups excluding carboxylic acids is 1. The molecule has 0 aliphatic heterocycles. The van der Waals surface area contributed by atoms with Crippen molar-refractivity contribution in [3.05, 3.63) is 30.2 Å². The summed E-state index contributed by atoms with van der Waals surface area (Å²) >= 11 is 0. The molecule has 0 bridgehead atoms. The van der Waals surface area contributed by atoms with Crippen LogP contribution in [0.4, 0.5) is 0 Å². The number of fused-ring (bicyclic) bond motifs is 1. The Morgan fingerprint density at radius 3 is 3.05 bits per heavy atom. The predicted octanol–water partition coefficient (Wildman–Crippen LogP) is 1.57. The summed E-state index contributed by atoms with van der Waals surface area (Å²) in [4.78, 5) is 17.6. The Balaban J connectivity index is 1.92. The zero-order valence-corrected chi connectivity index (χ0v) is 11.3. The summed E-state index contributed by atoms with van der Waals surface area (Å²) in [7, 11) is 1.80. The highest BCUT2D eigenvalue weighted by Gasteiger charge is 2.11. The number of amides is 1. The summed E-state index contributed by atoms with van der Waals surface area (Å²) in [5.41, 5.74) is 8.38. The summed E-state index contributed by atoms with van der Waals surface area (Å²) in [6.45, 7) is 2.51. The molecule has 1 unspecified atom stereocenters. The van der Waals surface area contributed by atoms with Crippen molar-refractivity contribution in [1.29, 1.82) is 0 Å². The van der Waals surface area contributed by atoms with Gasteiger partial charge in [-0.1, -0.05) is 6.07 Å². The average molecular weight is 261 g/mol. The van der Waals surface area contributed by atoms with Crippen LogP contribution in [0.25, 0.3) is 11.1 Å². The van der Waals surface area contributed by atoms with E-state index in [1.165, 1.54) is 6.39 Å². The van der Waals surface area contributed by atoms with Crippen LogP contribution in [0.15, 0.2) is 29.0 Å². The summed E-state index contributed by atoms with van der Waals surface area (Å²) < 4.78 is 5.26. The number of hydrogen-bond donors (Lipinski definition) is 1. The Morgan fingerprint density at radius 1 is 1.53 bits per heavy atom. The van der Waals surface area contributed by atoms with Gasteiger partial charge in [0.05, 0.1) is 0 Å². The van der Waals surface area contributed by atoms with Gasteiger partial charge in [0.2, 0.25) is 5.91 Å². The van der Waals surface area contributed by atoms with E-state index < -0.39 is 0 Å². The molecular weight excluding hydrogens is 242 g/mol. The van der Waals surface area contributed by atoms with Crippen LogP contribution in [-0.2, 0) is 11.2 Å². The molecule has 1 aromatic carbocycles. The Morgan fingerprint density at radius 2 is 2.32 bits per heavy atom. The van der Waals surface area contributed by atoms with Gasteiger partial charge >= 0.3 is 0 Å². The summed E-state index contributed by atoms with van der Waals surface area (Å²) in [5.74, 6) is 0.0794. The maximum Gasteiger partial charge on any atom is 0.223 e. The fourth-order valence-corrected chi connectivity index (χ4v) is 1.91. The molecule has 0 aliphatic carbocycles. The first-order valence-electron chi connectivity index (χ1n) is 6.38. The third-order valence-corrected chi connectivity index (χ3v) is 3.05. The zero-order chi connectivity index (χ0) is 13.8. The van der Waals surface area contributed by atoms with Crippen LogP contribution in [0.1, 0.15) is 18.9 Å². The molecule has 5 heteroatoms. The summed E-state index contributed by atoms with van der Waals surface area (Å²) in [5, 5.41) is 0. The number of nitrogens with two attached hydrogens (primary N) is 1. The van der Waals surface area contributed by atoms with Gasteiger partial charge in [-0.3, -0.25) is 4.79 Å². The van der Waals surface area contributed by atoms with Gasteiger partial charge in [0.1, 0.15) is 5.52 Å². The Labute approximate surface area is 112 Å². The highest BCUT2D eigenvalue weighted by molar-refractivity contribution is 5.76. The number of rotatable bonds is 5. The highest BCUT2D eigenvalue weighted by atomic mass is 16.3. The lowest BCUT2D eigenvalue weighted by Crippen LogP contribution is -2.33. The van der Waals surface area contributed by atoms with E-state index in [9.17, 15) is 4.79 Å². The van der Waals surface area contributed by atoms with E-state index in [1.54, 1.807) is 11.9 Å². The fraction of sp³-hybridized carbons (Fsp3) is 0.429. The van der Waals surface area contributed by atoms with Gasteiger partial charge in [-0.25, -0.2) is 4.98 Å². The molecule has 0 saturated carbocycles. The first kappa shape index (κ1) is 13.5. The SMILES string of the molecule is CC(N)CC(=O)N(C)CCc1ccc2ncoc2c1. The minimum absolute atomic E-state index is 0.0794. The molecule has 5 nitrogen and oxygen atoms in total. The number of likely N-dealkylation sites (N-methyl/N-ethyl adjacent to an activating group) is 1. The standard InChI is InChI=1S/C14H19N3O2/c1-10(15)7-14(18)17(2)6-5-11-3-4-12-13(8-11)19-9-16-12/h3-4,8-10H,5-7,15H2,1-2H3. The molecule has 0 spiro atoms. The van der Waals surface area contributed by atoms with Gasteiger partial charge in [-0.2, -0.15) is 0 Å². The Bertz CT molecular complexity index is 563. The molecule has 1 amide bonds. The van der Waals surface area contributed by atoms with E-state index in [-0.39, 0.29) is 11.9 Å². The topological polar surface area (TPSA) is 72.4 Å². The van der Waals surface area contributed by atoms with Gasteiger partial charge in [0, 0.05) is 26.1 Å². The Kier molecular flexibility index (Phi) is 4.16. The first-order valence-corrected chi connectivity index (χ1v) is 6.38. The molecule has 0 aliphatic rings. The minimum atomic E-state index is -0.0968. The van der Waals surface area contributed by atoms with Crippen molar-refractivity contribution in [3.8, 4) is 0 Å². The van der Waals surface area contributed by atoms with E-state index in [1.807, 2.05) is 25.1 Å². The van der Waals surface area contributed by atoms with Gasteiger partial charge in [0.25, 0.3) is 0 Å². The van der Waals surface area contributed by atoms with Crippen molar-refractivity contribution in [2.45, 2.75) is 25.8 Å². The number of hydrogen-bond acceptors (Lipinski definition) is 4. The first-order chi connectivity index (χ1) is 9.06. The van der Waals surface area contributed by atoms with Crippen LogP contribution >= 0.6 is 0 Å². The van der Waals surface area contributed by atoms with Crippen LogP contribution in [-0.4, -0.2) is 35.4 Å². The van der Waals surface area contributed by atoms with E-state index in [0.717, 1.165) is 23.1 Å². The minimum Gasteiger partial charge on any atom is -0.443 e. The molecule has 1 atom stereocenters. The van der Waals surface area contributed by atoms with E-state index in [4.69, 9.17) is 10.2 Å². The second-order valence-corrected chi connectivity index (χ2v) is 4.90. The maximum atomic E-state index is 11.8. The van der Waals surface area contributed by atoms with Crippen LogP contribution in [0.2, 0.25) is 0 Å². The molecule has 19 heavy (non-hydrogen) atoms. The van der Waals surface area contributed by atoms with Gasteiger partial charge in [-0.05, 0) is 31.0 Å². The smallest absolute Gasteiger partial charge is 0.223 e. The van der Waals surface area contributed by atoms with Crippen molar-refractivity contribution in [3.63, 3.8) is 0 Å². The second-order valence-electron chi connectivity index (χ2n) is 4.90. The van der Waals surface area contributed by atoms with E-state index >= 15 is 0 Å². The largest absolute Gasteiger partial charge is 0.443 e. The lowest BCUT2D eigenvalue weighted by atomic mass is 10.1. The monoisotopic (exact) mass is 261 g/mol. The molecule has 2 N–H and O–H groups in total. The number of oxazole rings is 1. The molecular formula is C14H19N3O2. The summed E-state index contributed by atoms with van der Waals surface area (Å²) in [6, 6.07) is 5.80. The second kappa shape index (κ2) is 5.84. The van der Waals surface area contributed by atoms with Crippen LogP contribution < -0.4 is 5.73 Å². The Hall–Kier alpha value is -1.88. The molecule has 0 fully saturated rings. The van der Waals surface area contributed by atoms with Gasteiger partial charge < -0.3 is 15.1 Å². The highest BCUT2D eigenvalue weighted by Crippen LogP contribution is 2.14. The molecule has 1 aromatic heterocycles. The van der Waals surface area contributed by atoms with Gasteiger partial charge in [0.15, 0.2) is 12.0 Å². The van der Waals surface area contributed by atoms with Crippen LogP contribution in [0.3, 0.4) is 0 Å². The predicted molar refractivity (Wildman–Crippen MR) is 73.6 cm³/mol. The molecule has 0 saturated heterocycles. The van der Waals surface area contributed by atoms with Crippen molar-refractivity contribution in [2.24, 2.45) is 5.73 Å². The van der Waals surface area contributed by atoms with Crippen molar-refractivity contribution < 1.29 is 9.21 Å². The molecule has 102 valence electrons. The lowest BCUT2D eigenvalue weighted by molar-refractivity contribution is -0.130. The summed E-state index contributed by atoms with van der Waals surface area (Å²) in [6.07, 6.45) is 2.61. The maximum absolute atomic E-state index is 11.8. The van der Waals surface area contributed by atoms with E-state index in [0.29, 0.717) is 13.0 Å². The number of aromatic nitrogens is 1. The molecule has 0 radical (unpaired) electrons. The van der Waals surface area contributed by atoms with Crippen molar-refractivity contribution in [2.75, 3.05) is 13.6 Å². The fourth-order valence-electron chi connectivity index (χ4n) is 1.91. The zero-order valence-electron chi connectivity index (χ0n) is 11.3. The van der Waals surface area contributed by atoms with Crippen molar-refractivity contribution in [1.82, 2.24) is 9.88 Å². The average Bonchev–Trinajstić information content (AvgIpc) is 2.82. The van der Waals surface area contributed by atoms with Crippen LogP contribution in [0, 0.1) is 0 Å². The normalized spacial score (nSPS) is 12.6. The van der Waals surface area contributed by atoms with E-state index in [2.05, 4.69) is 4.98 Å². The van der Waals surface area contributed by atoms with Crippen LogP contribution in [0.5, 0.6) is 0 Å². The van der Waals surface area contributed by atoms with Crippen molar-refractivity contribution >= 4 is 17.0 Å². The number of benzene rings is 1. The number of nitrogens with zero attached hydrogens (tertiary/aromatic N) is 2. The quantitative estimate of drug-likeness (QED) is 0.886. The number of carbonyl (C=O) groups is 1. The van der Waals surface area contributed by atoms with Gasteiger partial charge in [-0.15, -0.1) is 0 Å². The molecule has 2 aromatic rings. The third-order valence-electron chi connectivity index (χ3n) is 3.05. The molecule has 1 heterocycles. The third kappa shape index (κ3) is 3.54. The lowest BCUT2D eigenvalue weighted by Gasteiger charge is -2.18.